The molecule has 1 aromatic rings. The minimum absolute atomic E-state index is 0.0145. The van der Waals surface area contributed by atoms with Crippen molar-refractivity contribution in [1.29, 1.82) is 0 Å². The van der Waals surface area contributed by atoms with Crippen LogP contribution in [0.4, 0.5) is 8.78 Å². The first-order valence-corrected chi connectivity index (χ1v) is 10.5. The first-order valence-electron chi connectivity index (χ1n) is 10.5. The molecule has 0 spiro atoms. The molecule has 0 aromatic heterocycles. The Morgan fingerprint density at radius 1 is 1.10 bits per heavy atom. The van der Waals surface area contributed by atoms with Crippen LogP contribution in [0.25, 0.3) is 0 Å². The smallest absolute Gasteiger partial charge is 0.293 e. The Morgan fingerprint density at radius 3 is 2.60 bits per heavy atom. The number of nitrogens with zero attached hydrogens (tertiary/aromatic N) is 1. The fourth-order valence-electron chi connectivity index (χ4n) is 5.09. The van der Waals surface area contributed by atoms with E-state index in [1.807, 2.05) is 17.1 Å². The van der Waals surface area contributed by atoms with Gasteiger partial charge < -0.3 is 14.4 Å². The molecular weight excluding hydrogens is 388 g/mol. The summed E-state index contributed by atoms with van der Waals surface area (Å²) < 4.78 is 38.9. The summed E-state index contributed by atoms with van der Waals surface area (Å²) in [5, 5.41) is 0. The fourth-order valence-corrected chi connectivity index (χ4v) is 5.09. The van der Waals surface area contributed by atoms with Crippen LogP contribution in [0.2, 0.25) is 0 Å². The largest absolute Gasteiger partial charge is 0.465 e. The zero-order valence-corrected chi connectivity index (χ0v) is 16.5. The zero-order chi connectivity index (χ0) is 20.7. The molecule has 3 heterocycles. The van der Waals surface area contributed by atoms with E-state index in [9.17, 15) is 13.6 Å². The van der Waals surface area contributed by atoms with Crippen molar-refractivity contribution < 1.29 is 23.0 Å². The molecule has 2 unspecified atom stereocenters. The molecule has 30 heavy (non-hydrogen) atoms. The average molecular weight is 411 g/mol. The summed E-state index contributed by atoms with van der Waals surface area (Å²) in [7, 11) is 0. The molecule has 1 aromatic carbocycles. The van der Waals surface area contributed by atoms with Gasteiger partial charge in [0.1, 0.15) is 24.2 Å². The van der Waals surface area contributed by atoms with Crippen LogP contribution in [-0.4, -0.2) is 22.9 Å². The number of piperidine rings is 1. The Kier molecular flexibility index (Phi) is 4.93. The maximum Gasteiger partial charge on any atom is 0.293 e. The van der Waals surface area contributed by atoms with Gasteiger partial charge in [0.05, 0.1) is 0 Å². The number of rotatable bonds is 3. The predicted octanol–water partition coefficient (Wildman–Crippen LogP) is 5.21. The van der Waals surface area contributed by atoms with Crippen molar-refractivity contribution in [3.63, 3.8) is 0 Å². The molecule has 0 saturated carbocycles. The lowest BCUT2D eigenvalue weighted by atomic mass is 9.84. The first-order chi connectivity index (χ1) is 14.6. The minimum Gasteiger partial charge on any atom is -0.465 e. The highest BCUT2D eigenvalue weighted by Gasteiger charge is 2.45. The van der Waals surface area contributed by atoms with Crippen LogP contribution in [0.15, 0.2) is 66.0 Å². The van der Waals surface area contributed by atoms with Gasteiger partial charge in [0.15, 0.2) is 5.76 Å². The Hall–Kier alpha value is -2.89. The maximum absolute atomic E-state index is 14.3. The number of carbonyl (C=O) groups excluding carboxylic acids is 1. The summed E-state index contributed by atoms with van der Waals surface area (Å²) in [6.45, 7) is 0. The number of fused-ring (bicyclic) bond motifs is 2. The number of hydrogen-bond acceptors (Lipinski definition) is 3. The van der Waals surface area contributed by atoms with Gasteiger partial charge in [-0.15, -0.1) is 0 Å². The van der Waals surface area contributed by atoms with Crippen LogP contribution in [0.1, 0.15) is 50.0 Å². The quantitative estimate of drug-likeness (QED) is 0.686. The lowest BCUT2D eigenvalue weighted by Crippen LogP contribution is -2.47. The summed E-state index contributed by atoms with van der Waals surface area (Å²) in [5.41, 5.74) is 1.55. The lowest BCUT2D eigenvalue weighted by Gasteiger charge is -2.39. The van der Waals surface area contributed by atoms with E-state index in [4.69, 9.17) is 9.47 Å². The van der Waals surface area contributed by atoms with E-state index in [-0.39, 0.29) is 29.7 Å². The standard InChI is InChI=1S/C24H23F2NO3/c25-17-6-9-20(21(26)12-17)16-10-18-7-8-19(11-16)27(18)24(28)23-14-29-13-22(30-23)15-4-2-1-3-5-15/h1-2,4,6,9,12-14,16,18-19H,3,5,7-8,10-11H2. The topological polar surface area (TPSA) is 38.8 Å². The summed E-state index contributed by atoms with van der Waals surface area (Å²) in [4.78, 5) is 15.1. The summed E-state index contributed by atoms with van der Waals surface area (Å²) in [6.07, 6.45) is 13.8. The first kappa shape index (κ1) is 19.1. The highest BCUT2D eigenvalue weighted by atomic mass is 19.1. The fraction of sp³-hybridized carbons (Fsp3) is 0.375. The molecule has 1 aliphatic carbocycles. The van der Waals surface area contributed by atoms with E-state index >= 15 is 0 Å². The third-order valence-electron chi connectivity index (χ3n) is 6.48. The number of amides is 1. The normalized spacial score (nSPS) is 27.6. The molecule has 0 N–H and O–H groups in total. The molecule has 1 amide bonds. The van der Waals surface area contributed by atoms with Crippen molar-refractivity contribution in [2.24, 2.45) is 0 Å². The van der Waals surface area contributed by atoms with Crippen LogP contribution < -0.4 is 0 Å². The van der Waals surface area contributed by atoms with Gasteiger partial charge in [-0.05, 0) is 61.6 Å². The van der Waals surface area contributed by atoms with Gasteiger partial charge in [-0.3, -0.25) is 4.79 Å². The van der Waals surface area contributed by atoms with Crippen LogP contribution in [0.5, 0.6) is 0 Å². The second-order valence-electron chi connectivity index (χ2n) is 8.29. The summed E-state index contributed by atoms with van der Waals surface area (Å²) in [6, 6.07) is 3.81. The monoisotopic (exact) mass is 411 g/mol. The molecule has 2 atom stereocenters. The number of carbonyl (C=O) groups is 1. The third kappa shape index (κ3) is 3.44. The van der Waals surface area contributed by atoms with Crippen molar-refractivity contribution in [2.75, 3.05) is 0 Å². The third-order valence-corrected chi connectivity index (χ3v) is 6.48. The van der Waals surface area contributed by atoms with E-state index in [2.05, 4.69) is 6.08 Å². The molecule has 2 bridgehead atoms. The second-order valence-corrected chi connectivity index (χ2v) is 8.29. The van der Waals surface area contributed by atoms with Crippen molar-refractivity contribution in [3.05, 3.63) is 83.2 Å². The number of allylic oxidation sites excluding steroid dienone is 4. The average Bonchev–Trinajstić information content (AvgIpc) is 3.03. The van der Waals surface area contributed by atoms with Gasteiger partial charge in [0.2, 0.25) is 5.76 Å². The molecular formula is C24H23F2NO3. The van der Waals surface area contributed by atoms with Crippen LogP contribution in [0, 0.1) is 11.6 Å². The highest BCUT2D eigenvalue weighted by Crippen LogP contribution is 2.44. The Labute approximate surface area is 174 Å². The van der Waals surface area contributed by atoms with Crippen molar-refractivity contribution in [3.8, 4) is 0 Å². The van der Waals surface area contributed by atoms with E-state index in [1.54, 1.807) is 0 Å². The molecule has 4 nitrogen and oxygen atoms in total. The lowest BCUT2D eigenvalue weighted by molar-refractivity contribution is -0.135. The van der Waals surface area contributed by atoms with Gasteiger partial charge in [0, 0.05) is 18.2 Å². The SMILES string of the molecule is O=C(C1=COC=C(C2=CC=CCC2)O1)N1C2CCC1CC(c1ccc(F)cc1F)C2. The summed E-state index contributed by atoms with van der Waals surface area (Å²) in [5.74, 6) is -0.513. The van der Waals surface area contributed by atoms with Gasteiger partial charge in [-0.2, -0.15) is 0 Å². The molecule has 2 saturated heterocycles. The van der Waals surface area contributed by atoms with Crippen molar-refractivity contribution >= 4 is 5.91 Å². The molecule has 3 aliphatic heterocycles. The number of halogens is 2. The minimum atomic E-state index is -0.569. The van der Waals surface area contributed by atoms with E-state index in [0.29, 0.717) is 24.2 Å². The molecule has 6 heteroatoms. The number of benzene rings is 1. The number of hydrogen-bond donors (Lipinski definition) is 0. The van der Waals surface area contributed by atoms with E-state index < -0.39 is 11.6 Å². The van der Waals surface area contributed by atoms with Crippen LogP contribution >= 0.6 is 0 Å². The molecule has 2 fully saturated rings. The Morgan fingerprint density at radius 2 is 1.90 bits per heavy atom. The zero-order valence-electron chi connectivity index (χ0n) is 16.5. The Balaban J connectivity index is 1.30. The highest BCUT2D eigenvalue weighted by molar-refractivity contribution is 5.92. The molecule has 4 aliphatic rings. The summed E-state index contributed by atoms with van der Waals surface area (Å²) >= 11 is 0. The van der Waals surface area contributed by atoms with E-state index in [0.717, 1.165) is 37.3 Å². The Bertz CT molecular complexity index is 980. The van der Waals surface area contributed by atoms with E-state index in [1.165, 1.54) is 24.7 Å². The van der Waals surface area contributed by atoms with Gasteiger partial charge >= 0.3 is 0 Å². The number of ether oxygens (including phenoxy) is 2. The maximum atomic E-state index is 14.3. The van der Waals surface area contributed by atoms with Crippen LogP contribution in [-0.2, 0) is 14.3 Å². The van der Waals surface area contributed by atoms with Gasteiger partial charge in [-0.1, -0.05) is 24.3 Å². The van der Waals surface area contributed by atoms with Crippen molar-refractivity contribution in [1.82, 2.24) is 4.90 Å². The predicted molar refractivity (Wildman–Crippen MR) is 107 cm³/mol. The second kappa shape index (κ2) is 7.74. The molecule has 0 radical (unpaired) electrons. The van der Waals surface area contributed by atoms with Crippen molar-refractivity contribution in [2.45, 2.75) is 56.5 Å². The van der Waals surface area contributed by atoms with Crippen LogP contribution in [0.3, 0.4) is 0 Å². The molecule has 5 rings (SSSR count). The van der Waals surface area contributed by atoms with Gasteiger partial charge in [-0.25, -0.2) is 8.78 Å². The molecule has 156 valence electrons. The van der Waals surface area contributed by atoms with Gasteiger partial charge in [0.25, 0.3) is 5.91 Å².